The van der Waals surface area contributed by atoms with Gasteiger partial charge in [0.25, 0.3) is 0 Å². The van der Waals surface area contributed by atoms with Crippen molar-refractivity contribution in [1.29, 1.82) is 0 Å². The standard InChI is InChI=1S/C6H10O3S/c7-10(8)6-3-4-1-2-5(6)9-4/h4-6H,1-3H2,(H,7,8). The number of hydrogen-bond acceptors (Lipinski definition) is 2. The molecule has 1 N–H and O–H groups in total. The Morgan fingerprint density at radius 3 is 2.60 bits per heavy atom. The Balaban J connectivity index is 2.08. The molecule has 0 saturated carbocycles. The average Bonchev–Trinajstić information content (AvgIpc) is 2.44. The first-order valence-electron chi connectivity index (χ1n) is 3.52. The molecule has 0 radical (unpaired) electrons. The van der Waals surface area contributed by atoms with Gasteiger partial charge >= 0.3 is 0 Å². The van der Waals surface area contributed by atoms with Crippen LogP contribution in [0.25, 0.3) is 0 Å². The molecule has 2 heterocycles. The van der Waals surface area contributed by atoms with Crippen molar-refractivity contribution in [3.05, 3.63) is 0 Å². The monoisotopic (exact) mass is 162 g/mol. The molecule has 2 saturated heterocycles. The summed E-state index contributed by atoms with van der Waals surface area (Å²) in [6.45, 7) is 0. The van der Waals surface area contributed by atoms with E-state index in [1.165, 1.54) is 0 Å². The van der Waals surface area contributed by atoms with Crippen LogP contribution in [0.15, 0.2) is 0 Å². The first kappa shape index (κ1) is 6.76. The molecule has 0 aliphatic carbocycles. The molecule has 4 heteroatoms. The van der Waals surface area contributed by atoms with Crippen LogP contribution in [0.2, 0.25) is 0 Å². The van der Waals surface area contributed by atoms with Crippen molar-refractivity contribution in [2.45, 2.75) is 36.7 Å². The van der Waals surface area contributed by atoms with Crippen LogP contribution in [0.4, 0.5) is 0 Å². The second kappa shape index (κ2) is 2.29. The molecule has 4 unspecified atom stereocenters. The smallest absolute Gasteiger partial charge is 0.158 e. The first-order chi connectivity index (χ1) is 4.77. The minimum atomic E-state index is -1.67. The van der Waals surface area contributed by atoms with Gasteiger partial charge in [-0.2, -0.15) is 0 Å². The molecule has 0 aromatic carbocycles. The third kappa shape index (κ3) is 0.909. The molecule has 2 rings (SSSR count). The van der Waals surface area contributed by atoms with Crippen molar-refractivity contribution in [2.75, 3.05) is 0 Å². The van der Waals surface area contributed by atoms with Gasteiger partial charge in [-0.15, -0.1) is 0 Å². The third-order valence-corrected chi connectivity index (χ3v) is 3.32. The molecule has 0 spiro atoms. The Hall–Kier alpha value is 0.0700. The summed E-state index contributed by atoms with van der Waals surface area (Å²) in [4.78, 5) is 0. The summed E-state index contributed by atoms with van der Waals surface area (Å²) in [7, 11) is 0. The van der Waals surface area contributed by atoms with Gasteiger partial charge < -0.3 is 9.29 Å². The van der Waals surface area contributed by atoms with E-state index in [1.807, 2.05) is 0 Å². The SMILES string of the molecule is O=S(O)C1CC2CCC1O2. The van der Waals surface area contributed by atoms with E-state index in [4.69, 9.17) is 9.29 Å². The van der Waals surface area contributed by atoms with Crippen molar-refractivity contribution >= 4 is 11.1 Å². The maximum absolute atomic E-state index is 10.6. The minimum absolute atomic E-state index is 0.0795. The third-order valence-electron chi connectivity index (χ3n) is 2.31. The maximum atomic E-state index is 10.6. The van der Waals surface area contributed by atoms with E-state index in [9.17, 15) is 4.21 Å². The second-order valence-corrected chi connectivity index (χ2v) is 4.08. The number of hydrogen-bond donors (Lipinski definition) is 1. The molecule has 0 aromatic heterocycles. The lowest BCUT2D eigenvalue weighted by Gasteiger charge is -2.13. The van der Waals surface area contributed by atoms with Gasteiger partial charge in [0.2, 0.25) is 0 Å². The molecule has 2 fully saturated rings. The van der Waals surface area contributed by atoms with Crippen LogP contribution in [0.5, 0.6) is 0 Å². The molecule has 2 aliphatic heterocycles. The predicted molar refractivity (Wildman–Crippen MR) is 37.1 cm³/mol. The summed E-state index contributed by atoms with van der Waals surface area (Å²) in [5.41, 5.74) is 0. The van der Waals surface area contributed by atoms with Crippen molar-refractivity contribution in [3.8, 4) is 0 Å². The molecule has 2 bridgehead atoms. The number of rotatable bonds is 1. The van der Waals surface area contributed by atoms with Crippen LogP contribution in [0, 0.1) is 0 Å². The molecule has 58 valence electrons. The average molecular weight is 162 g/mol. The fourth-order valence-corrected chi connectivity index (χ4v) is 2.64. The Morgan fingerprint density at radius 1 is 1.50 bits per heavy atom. The van der Waals surface area contributed by atoms with Gasteiger partial charge in [-0.05, 0) is 19.3 Å². The molecule has 0 aromatic rings. The zero-order valence-corrected chi connectivity index (χ0v) is 6.34. The molecule has 10 heavy (non-hydrogen) atoms. The van der Waals surface area contributed by atoms with E-state index < -0.39 is 11.1 Å². The van der Waals surface area contributed by atoms with E-state index in [0.717, 1.165) is 19.3 Å². The van der Waals surface area contributed by atoms with Crippen LogP contribution >= 0.6 is 0 Å². The fourth-order valence-electron chi connectivity index (χ4n) is 1.80. The summed E-state index contributed by atoms with van der Waals surface area (Å²) in [6, 6.07) is 0. The summed E-state index contributed by atoms with van der Waals surface area (Å²) >= 11 is -1.67. The number of ether oxygens (including phenoxy) is 1. The van der Waals surface area contributed by atoms with Crippen molar-refractivity contribution < 1.29 is 13.5 Å². The quantitative estimate of drug-likeness (QED) is 0.572. The van der Waals surface area contributed by atoms with E-state index in [-0.39, 0.29) is 17.5 Å². The summed E-state index contributed by atoms with van der Waals surface area (Å²) < 4.78 is 24.8. The molecule has 2 aliphatic rings. The minimum Gasteiger partial charge on any atom is -0.374 e. The van der Waals surface area contributed by atoms with Crippen molar-refractivity contribution in [2.24, 2.45) is 0 Å². The van der Waals surface area contributed by atoms with E-state index in [2.05, 4.69) is 0 Å². The molecule has 0 amide bonds. The van der Waals surface area contributed by atoms with Crippen LogP contribution in [0.3, 0.4) is 0 Å². The topological polar surface area (TPSA) is 46.5 Å². The summed E-state index contributed by atoms with van der Waals surface area (Å²) in [5.74, 6) is 0. The van der Waals surface area contributed by atoms with Crippen molar-refractivity contribution in [3.63, 3.8) is 0 Å². The zero-order valence-electron chi connectivity index (χ0n) is 5.53. The van der Waals surface area contributed by atoms with Crippen molar-refractivity contribution in [1.82, 2.24) is 0 Å². The molecular formula is C6H10O3S. The zero-order chi connectivity index (χ0) is 7.14. The van der Waals surface area contributed by atoms with Gasteiger partial charge in [-0.1, -0.05) is 0 Å². The van der Waals surface area contributed by atoms with E-state index >= 15 is 0 Å². The Bertz CT molecular complexity index is 170. The highest BCUT2D eigenvalue weighted by molar-refractivity contribution is 7.80. The Kier molecular flexibility index (Phi) is 1.55. The molecular weight excluding hydrogens is 152 g/mol. The normalized spacial score (nSPS) is 47.9. The fraction of sp³-hybridized carbons (Fsp3) is 1.00. The first-order valence-corrected chi connectivity index (χ1v) is 4.69. The second-order valence-electron chi connectivity index (χ2n) is 2.92. The predicted octanol–water partition coefficient (Wildman–Crippen LogP) is 0.528. The molecule has 4 atom stereocenters. The highest BCUT2D eigenvalue weighted by Crippen LogP contribution is 2.36. The Morgan fingerprint density at radius 2 is 2.30 bits per heavy atom. The van der Waals surface area contributed by atoms with Gasteiger partial charge in [0.15, 0.2) is 11.1 Å². The van der Waals surface area contributed by atoms with Crippen LogP contribution in [0.1, 0.15) is 19.3 Å². The summed E-state index contributed by atoms with van der Waals surface area (Å²) in [5, 5.41) is -0.0984. The number of fused-ring (bicyclic) bond motifs is 2. The lowest BCUT2D eigenvalue weighted by molar-refractivity contribution is 0.105. The largest absolute Gasteiger partial charge is 0.374 e. The van der Waals surface area contributed by atoms with Crippen LogP contribution < -0.4 is 0 Å². The molecule has 3 nitrogen and oxygen atoms in total. The van der Waals surface area contributed by atoms with Gasteiger partial charge in [-0.3, -0.25) is 0 Å². The maximum Gasteiger partial charge on any atom is 0.158 e. The van der Waals surface area contributed by atoms with Crippen LogP contribution in [-0.4, -0.2) is 26.2 Å². The van der Waals surface area contributed by atoms with Gasteiger partial charge in [0, 0.05) is 0 Å². The van der Waals surface area contributed by atoms with E-state index in [1.54, 1.807) is 0 Å². The van der Waals surface area contributed by atoms with Gasteiger partial charge in [0.05, 0.1) is 17.5 Å². The highest BCUT2D eigenvalue weighted by Gasteiger charge is 2.43. The lowest BCUT2D eigenvalue weighted by atomic mass is 10.0. The van der Waals surface area contributed by atoms with E-state index in [0.29, 0.717) is 0 Å². The lowest BCUT2D eigenvalue weighted by Crippen LogP contribution is -2.26. The van der Waals surface area contributed by atoms with Crippen LogP contribution in [-0.2, 0) is 15.8 Å². The van der Waals surface area contributed by atoms with Gasteiger partial charge in [-0.25, -0.2) is 4.21 Å². The summed E-state index contributed by atoms with van der Waals surface area (Å²) in [6.07, 6.45) is 3.20. The highest BCUT2D eigenvalue weighted by atomic mass is 32.2. The van der Waals surface area contributed by atoms with Gasteiger partial charge in [0.1, 0.15) is 0 Å². The Labute approximate surface area is 62.0 Å².